The molecule has 0 spiro atoms. The van der Waals surface area contributed by atoms with E-state index in [0.717, 1.165) is 25.1 Å². The molecule has 18 heavy (non-hydrogen) atoms. The number of rotatable bonds is 5. The highest BCUT2D eigenvalue weighted by Crippen LogP contribution is 2.33. The number of nitrogens with one attached hydrogen (secondary N) is 2. The van der Waals surface area contributed by atoms with Crippen LogP contribution in [0, 0.1) is 0 Å². The van der Waals surface area contributed by atoms with E-state index in [9.17, 15) is 4.79 Å². The molecule has 2 aromatic heterocycles. The second-order valence-electron chi connectivity index (χ2n) is 4.43. The third-order valence-corrected chi connectivity index (χ3v) is 3.02. The third kappa shape index (κ3) is 2.27. The van der Waals surface area contributed by atoms with E-state index in [1.54, 1.807) is 29.4 Å². The Labute approximate surface area is 104 Å². The second kappa shape index (κ2) is 4.64. The summed E-state index contributed by atoms with van der Waals surface area (Å²) in [7, 11) is 0. The van der Waals surface area contributed by atoms with Gasteiger partial charge in [-0.05, 0) is 12.8 Å². The molecule has 0 aliphatic heterocycles. The first kappa shape index (κ1) is 11.0. The normalized spacial score (nSPS) is 14.7. The summed E-state index contributed by atoms with van der Waals surface area (Å²) < 4.78 is 1.77. The van der Waals surface area contributed by atoms with Gasteiger partial charge in [-0.1, -0.05) is 0 Å². The van der Waals surface area contributed by atoms with Crippen LogP contribution in [-0.4, -0.2) is 26.1 Å². The summed E-state index contributed by atoms with van der Waals surface area (Å²) in [6.45, 7) is 0.643. The van der Waals surface area contributed by atoms with Gasteiger partial charge in [-0.15, -0.1) is 0 Å². The lowest BCUT2D eigenvalue weighted by atomic mass is 10.4. The number of imidazole rings is 1. The minimum Gasteiger partial charge on any atom is -0.365 e. The molecule has 0 saturated heterocycles. The van der Waals surface area contributed by atoms with Crippen LogP contribution in [0.5, 0.6) is 0 Å². The zero-order valence-corrected chi connectivity index (χ0v) is 9.97. The Balaban J connectivity index is 1.65. The van der Waals surface area contributed by atoms with E-state index in [-0.39, 0.29) is 5.56 Å². The average Bonchev–Trinajstić information content (AvgIpc) is 3.09. The molecule has 0 unspecified atom stereocenters. The summed E-state index contributed by atoms with van der Waals surface area (Å²) in [6.07, 6.45) is 9.87. The number of anilines is 1. The topological polar surface area (TPSA) is 75.6 Å². The van der Waals surface area contributed by atoms with E-state index in [0.29, 0.717) is 18.4 Å². The van der Waals surface area contributed by atoms with Gasteiger partial charge in [0, 0.05) is 43.8 Å². The molecule has 6 nitrogen and oxygen atoms in total. The fraction of sp³-hybridized carbons (Fsp3) is 0.417. The van der Waals surface area contributed by atoms with Gasteiger partial charge in [0.2, 0.25) is 0 Å². The Morgan fingerprint density at radius 1 is 1.39 bits per heavy atom. The lowest BCUT2D eigenvalue weighted by molar-refractivity contribution is 0.699. The van der Waals surface area contributed by atoms with Gasteiger partial charge in [0.05, 0.1) is 0 Å². The minimum atomic E-state index is -0.0283. The molecule has 1 fully saturated rings. The van der Waals surface area contributed by atoms with Gasteiger partial charge in [-0.2, -0.15) is 0 Å². The summed E-state index contributed by atoms with van der Waals surface area (Å²) in [6, 6.07) is 0.381. The Morgan fingerprint density at radius 3 is 3.00 bits per heavy atom. The first-order chi connectivity index (χ1) is 8.84. The van der Waals surface area contributed by atoms with Crippen LogP contribution >= 0.6 is 0 Å². The molecule has 0 bridgehead atoms. The molecule has 0 amide bonds. The molecule has 0 radical (unpaired) electrons. The molecule has 94 valence electrons. The van der Waals surface area contributed by atoms with Crippen LogP contribution in [0.1, 0.15) is 24.7 Å². The van der Waals surface area contributed by atoms with E-state index in [2.05, 4.69) is 20.3 Å². The molecule has 1 aliphatic carbocycles. The SMILES string of the molecule is O=c1c(NCCc2ncc[nH]2)nccn1C1CC1. The Hall–Kier alpha value is -2.11. The summed E-state index contributed by atoms with van der Waals surface area (Å²) in [5.41, 5.74) is -0.0283. The first-order valence-electron chi connectivity index (χ1n) is 6.14. The number of hydrogen-bond acceptors (Lipinski definition) is 4. The lowest BCUT2D eigenvalue weighted by Gasteiger charge is -2.07. The van der Waals surface area contributed by atoms with Gasteiger partial charge in [-0.3, -0.25) is 4.79 Å². The summed E-state index contributed by atoms with van der Waals surface area (Å²) in [4.78, 5) is 23.3. The van der Waals surface area contributed by atoms with E-state index in [1.807, 2.05) is 0 Å². The fourth-order valence-corrected chi connectivity index (χ4v) is 1.92. The van der Waals surface area contributed by atoms with Gasteiger partial charge in [0.1, 0.15) is 5.82 Å². The molecule has 2 N–H and O–H groups in total. The summed E-state index contributed by atoms with van der Waals surface area (Å²) in [5, 5.41) is 3.07. The fourth-order valence-electron chi connectivity index (χ4n) is 1.92. The third-order valence-electron chi connectivity index (χ3n) is 3.02. The number of hydrogen-bond donors (Lipinski definition) is 2. The number of aromatic nitrogens is 4. The highest BCUT2D eigenvalue weighted by atomic mass is 16.1. The highest BCUT2D eigenvalue weighted by molar-refractivity contribution is 5.31. The predicted molar refractivity (Wildman–Crippen MR) is 67.5 cm³/mol. The Morgan fingerprint density at radius 2 is 2.28 bits per heavy atom. The number of H-pyrrole nitrogens is 1. The van der Waals surface area contributed by atoms with Crippen LogP contribution in [0.3, 0.4) is 0 Å². The van der Waals surface area contributed by atoms with Crippen molar-refractivity contribution >= 4 is 5.82 Å². The smallest absolute Gasteiger partial charge is 0.293 e. The largest absolute Gasteiger partial charge is 0.365 e. The summed E-state index contributed by atoms with van der Waals surface area (Å²) in [5.74, 6) is 1.33. The molecule has 2 heterocycles. The van der Waals surface area contributed by atoms with Crippen LogP contribution < -0.4 is 10.9 Å². The van der Waals surface area contributed by atoms with Crippen molar-refractivity contribution in [2.24, 2.45) is 0 Å². The summed E-state index contributed by atoms with van der Waals surface area (Å²) >= 11 is 0. The number of aromatic amines is 1. The van der Waals surface area contributed by atoms with E-state index >= 15 is 0 Å². The van der Waals surface area contributed by atoms with E-state index < -0.39 is 0 Å². The molecule has 2 aromatic rings. The van der Waals surface area contributed by atoms with Crippen molar-refractivity contribution in [3.05, 3.63) is 41.0 Å². The molecule has 6 heteroatoms. The van der Waals surface area contributed by atoms with Crippen molar-refractivity contribution in [3.8, 4) is 0 Å². The average molecular weight is 245 g/mol. The van der Waals surface area contributed by atoms with Gasteiger partial charge in [0.15, 0.2) is 5.82 Å². The minimum absolute atomic E-state index is 0.0283. The van der Waals surface area contributed by atoms with Crippen LogP contribution in [0.25, 0.3) is 0 Å². The zero-order valence-electron chi connectivity index (χ0n) is 9.97. The zero-order chi connectivity index (χ0) is 12.4. The Kier molecular flexibility index (Phi) is 2.84. The van der Waals surface area contributed by atoms with Crippen LogP contribution in [0.4, 0.5) is 5.82 Å². The Bertz CT molecular complexity index is 570. The van der Waals surface area contributed by atoms with Crippen LogP contribution in [0.15, 0.2) is 29.6 Å². The van der Waals surface area contributed by atoms with E-state index in [4.69, 9.17) is 0 Å². The molecule has 3 rings (SSSR count). The monoisotopic (exact) mass is 245 g/mol. The molecular weight excluding hydrogens is 230 g/mol. The maximum atomic E-state index is 12.1. The van der Waals surface area contributed by atoms with E-state index in [1.165, 1.54) is 0 Å². The van der Waals surface area contributed by atoms with Gasteiger partial charge in [0.25, 0.3) is 5.56 Å². The van der Waals surface area contributed by atoms with Crippen molar-refractivity contribution in [3.63, 3.8) is 0 Å². The molecule has 1 aliphatic rings. The highest BCUT2D eigenvalue weighted by Gasteiger charge is 2.25. The standard InChI is InChI=1S/C12H15N5O/c18-12-11(15-4-3-10-13-5-6-14-10)16-7-8-17(12)9-1-2-9/h5-9H,1-4H2,(H,13,14)(H,15,16). The lowest BCUT2D eigenvalue weighted by Crippen LogP contribution is -2.24. The maximum absolute atomic E-state index is 12.1. The van der Waals surface area contributed by atoms with Gasteiger partial charge < -0.3 is 14.9 Å². The molecule has 0 atom stereocenters. The molecule has 0 aromatic carbocycles. The van der Waals surface area contributed by atoms with Crippen molar-refractivity contribution in [1.29, 1.82) is 0 Å². The van der Waals surface area contributed by atoms with Crippen LogP contribution in [-0.2, 0) is 6.42 Å². The van der Waals surface area contributed by atoms with Gasteiger partial charge >= 0.3 is 0 Å². The van der Waals surface area contributed by atoms with Crippen molar-refractivity contribution in [2.45, 2.75) is 25.3 Å². The van der Waals surface area contributed by atoms with Crippen molar-refractivity contribution < 1.29 is 0 Å². The van der Waals surface area contributed by atoms with Crippen molar-refractivity contribution in [1.82, 2.24) is 19.5 Å². The predicted octanol–water partition coefficient (Wildman–Crippen LogP) is 0.956. The van der Waals surface area contributed by atoms with Gasteiger partial charge in [-0.25, -0.2) is 9.97 Å². The van der Waals surface area contributed by atoms with Crippen LogP contribution in [0.2, 0.25) is 0 Å². The second-order valence-corrected chi connectivity index (χ2v) is 4.43. The quantitative estimate of drug-likeness (QED) is 0.822. The van der Waals surface area contributed by atoms with Crippen molar-refractivity contribution in [2.75, 3.05) is 11.9 Å². The molecular formula is C12H15N5O. The first-order valence-corrected chi connectivity index (χ1v) is 6.14. The molecule has 1 saturated carbocycles. The number of nitrogens with zero attached hydrogens (tertiary/aromatic N) is 3. The maximum Gasteiger partial charge on any atom is 0.293 e.